The van der Waals surface area contributed by atoms with E-state index in [0.717, 1.165) is 0 Å². The molecule has 0 spiro atoms. The van der Waals surface area contributed by atoms with E-state index in [1.807, 2.05) is 5.32 Å². The van der Waals surface area contributed by atoms with E-state index in [0.29, 0.717) is 0 Å². The van der Waals surface area contributed by atoms with E-state index in [4.69, 9.17) is 0 Å². The minimum atomic E-state index is -1.44. The molecule has 0 bridgehead atoms. The number of nitrogens with one attached hydrogen (secondary N) is 1. The molecule has 12 heavy (non-hydrogen) atoms. The van der Waals surface area contributed by atoms with Crippen LogP contribution in [0.3, 0.4) is 0 Å². The molecule has 1 aromatic carbocycles. The van der Waals surface area contributed by atoms with Gasteiger partial charge in [0.1, 0.15) is 5.82 Å². The predicted molar refractivity (Wildman–Crippen MR) is 40.8 cm³/mol. The number of carbonyl (C=O) groups excluding carboxylic acids is 1. The zero-order valence-corrected chi connectivity index (χ0v) is 6.43. The van der Waals surface area contributed by atoms with Crippen LogP contribution in [0.4, 0.5) is 14.9 Å². The molecule has 0 aliphatic heterocycles. The van der Waals surface area contributed by atoms with Crippen molar-refractivity contribution in [2.75, 3.05) is 5.32 Å². The molecule has 0 unspecified atom stereocenters. The molecule has 4 heteroatoms. The second-order valence-corrected chi connectivity index (χ2v) is 2.32. The number of hydrogen-bond donors (Lipinski definition) is 1. The van der Waals surface area contributed by atoms with E-state index >= 15 is 0 Å². The van der Waals surface area contributed by atoms with E-state index in [2.05, 4.69) is 0 Å². The fourth-order valence-corrected chi connectivity index (χ4v) is 0.853. The third-order valence-corrected chi connectivity index (χ3v) is 1.50. The first kappa shape index (κ1) is 8.52. The van der Waals surface area contributed by atoms with Crippen molar-refractivity contribution in [1.29, 1.82) is 0 Å². The molecule has 0 aliphatic rings. The molecule has 0 atom stereocenters. The molecule has 1 amide bonds. The lowest BCUT2D eigenvalue weighted by molar-refractivity contribution is 0.185. The fourth-order valence-electron chi connectivity index (χ4n) is 0.853. The molecule has 0 saturated carbocycles. The van der Waals surface area contributed by atoms with Crippen molar-refractivity contribution in [3.8, 4) is 0 Å². The largest absolute Gasteiger partial charge is 0.454 e. The van der Waals surface area contributed by atoms with Crippen LogP contribution in [0.25, 0.3) is 0 Å². The molecule has 0 aromatic heterocycles. The van der Waals surface area contributed by atoms with Crippen LogP contribution in [0.1, 0.15) is 5.56 Å². The van der Waals surface area contributed by atoms with Gasteiger partial charge in [-0.15, -0.1) is 0 Å². The summed E-state index contributed by atoms with van der Waals surface area (Å²) in [6.07, 6.45) is -1.44. The van der Waals surface area contributed by atoms with Gasteiger partial charge in [-0.3, -0.25) is 5.32 Å². The van der Waals surface area contributed by atoms with Crippen LogP contribution >= 0.6 is 0 Å². The SMILES string of the molecule is Cc1c(F)cccc1NC([O])=O. The highest BCUT2D eigenvalue weighted by Gasteiger charge is 2.05. The van der Waals surface area contributed by atoms with Gasteiger partial charge in [-0.05, 0) is 19.1 Å². The van der Waals surface area contributed by atoms with Gasteiger partial charge < -0.3 is 0 Å². The highest BCUT2D eigenvalue weighted by atomic mass is 19.1. The molecule has 0 heterocycles. The average molecular weight is 168 g/mol. The van der Waals surface area contributed by atoms with Crippen LogP contribution in [0.2, 0.25) is 0 Å². The minimum Gasteiger partial charge on any atom is -0.288 e. The minimum absolute atomic E-state index is 0.218. The average Bonchev–Trinajstić information content (AvgIpc) is 1.98. The van der Waals surface area contributed by atoms with Crippen LogP contribution in [0.15, 0.2) is 18.2 Å². The van der Waals surface area contributed by atoms with Crippen molar-refractivity contribution in [3.63, 3.8) is 0 Å². The molecule has 1 N–H and O–H groups in total. The van der Waals surface area contributed by atoms with Gasteiger partial charge in [0.25, 0.3) is 0 Å². The number of hydrogen-bond acceptors (Lipinski definition) is 1. The quantitative estimate of drug-likeness (QED) is 0.685. The first-order chi connectivity index (χ1) is 5.61. The van der Waals surface area contributed by atoms with Crippen molar-refractivity contribution < 1.29 is 14.3 Å². The number of benzene rings is 1. The molecule has 1 rings (SSSR count). The molecule has 1 radical (unpaired) electrons. The summed E-state index contributed by atoms with van der Waals surface area (Å²) in [4.78, 5) is 10.1. The van der Waals surface area contributed by atoms with E-state index in [1.165, 1.54) is 25.1 Å². The van der Waals surface area contributed by atoms with Gasteiger partial charge in [-0.1, -0.05) is 6.07 Å². The fraction of sp³-hybridized carbons (Fsp3) is 0.125. The van der Waals surface area contributed by atoms with Gasteiger partial charge in [0.05, 0.1) is 0 Å². The summed E-state index contributed by atoms with van der Waals surface area (Å²) < 4.78 is 12.8. The van der Waals surface area contributed by atoms with Crippen LogP contribution in [-0.2, 0) is 5.11 Å². The van der Waals surface area contributed by atoms with E-state index in [-0.39, 0.29) is 11.3 Å². The van der Waals surface area contributed by atoms with Crippen molar-refractivity contribution in [2.45, 2.75) is 6.92 Å². The summed E-state index contributed by atoms with van der Waals surface area (Å²) in [5.41, 5.74) is 0.483. The van der Waals surface area contributed by atoms with E-state index < -0.39 is 11.9 Å². The first-order valence-corrected chi connectivity index (χ1v) is 3.34. The van der Waals surface area contributed by atoms with Crippen molar-refractivity contribution >= 4 is 11.8 Å². The number of anilines is 1. The highest BCUT2D eigenvalue weighted by Crippen LogP contribution is 2.16. The summed E-state index contributed by atoms with van der Waals surface area (Å²) in [7, 11) is 0. The van der Waals surface area contributed by atoms with Crippen molar-refractivity contribution in [1.82, 2.24) is 0 Å². The van der Waals surface area contributed by atoms with Gasteiger partial charge in [-0.25, -0.2) is 14.3 Å². The second-order valence-electron chi connectivity index (χ2n) is 2.32. The van der Waals surface area contributed by atoms with Crippen LogP contribution in [0, 0.1) is 12.7 Å². The Hall–Kier alpha value is -1.58. The Bertz CT molecular complexity index is 312. The van der Waals surface area contributed by atoms with Gasteiger partial charge in [-0.2, -0.15) is 0 Å². The lowest BCUT2D eigenvalue weighted by Gasteiger charge is -2.03. The van der Waals surface area contributed by atoms with Gasteiger partial charge in [0.2, 0.25) is 0 Å². The van der Waals surface area contributed by atoms with Crippen molar-refractivity contribution in [2.24, 2.45) is 0 Å². The zero-order valence-electron chi connectivity index (χ0n) is 6.43. The summed E-state index contributed by atoms with van der Waals surface area (Å²) in [6, 6.07) is 4.15. The Morgan fingerprint density at radius 3 is 2.75 bits per heavy atom. The highest BCUT2D eigenvalue weighted by molar-refractivity contribution is 5.83. The summed E-state index contributed by atoms with van der Waals surface area (Å²) >= 11 is 0. The third-order valence-electron chi connectivity index (χ3n) is 1.50. The smallest absolute Gasteiger partial charge is 0.288 e. The molecule has 1 aromatic rings. The van der Waals surface area contributed by atoms with Gasteiger partial charge in [0, 0.05) is 11.3 Å². The molecule has 0 aliphatic carbocycles. The molecular formula is C8H7FNO2. The first-order valence-electron chi connectivity index (χ1n) is 3.34. The Kier molecular flexibility index (Phi) is 2.28. The van der Waals surface area contributed by atoms with E-state index in [9.17, 15) is 14.3 Å². The number of rotatable bonds is 1. The molecular weight excluding hydrogens is 161 g/mol. The second kappa shape index (κ2) is 3.21. The van der Waals surface area contributed by atoms with Gasteiger partial charge in [0.15, 0.2) is 0 Å². The maximum absolute atomic E-state index is 12.8. The van der Waals surface area contributed by atoms with E-state index in [1.54, 1.807) is 0 Å². The number of carbonyl (C=O) groups is 1. The zero-order chi connectivity index (χ0) is 9.14. The molecule has 63 valence electrons. The Labute approximate surface area is 68.8 Å². The Morgan fingerprint density at radius 1 is 1.50 bits per heavy atom. The maximum atomic E-state index is 12.8. The van der Waals surface area contributed by atoms with Crippen molar-refractivity contribution in [3.05, 3.63) is 29.6 Å². The number of amides is 1. The van der Waals surface area contributed by atoms with Crippen LogP contribution < -0.4 is 5.32 Å². The predicted octanol–water partition coefficient (Wildman–Crippen LogP) is 2.10. The molecule has 0 saturated heterocycles. The van der Waals surface area contributed by atoms with Gasteiger partial charge >= 0.3 is 6.09 Å². The summed E-state index contributed by atoms with van der Waals surface area (Å²) in [5.74, 6) is -0.443. The maximum Gasteiger partial charge on any atom is 0.454 e. The normalized spacial score (nSPS) is 9.50. The lowest BCUT2D eigenvalue weighted by Crippen LogP contribution is -2.07. The molecule has 3 nitrogen and oxygen atoms in total. The molecule has 0 fully saturated rings. The lowest BCUT2D eigenvalue weighted by atomic mass is 10.2. The third kappa shape index (κ3) is 1.72. The Balaban J connectivity index is 3.00. The van der Waals surface area contributed by atoms with Crippen LogP contribution in [0.5, 0.6) is 0 Å². The standard InChI is InChI=1S/C8H7FNO2/c1-5-6(9)3-2-4-7(5)10-8(11)12/h2-4,10H,1H3. The monoisotopic (exact) mass is 168 g/mol. The Morgan fingerprint density at radius 2 is 2.17 bits per heavy atom. The summed E-state index contributed by atoms with van der Waals surface area (Å²) in [5, 5.41) is 12.1. The van der Waals surface area contributed by atoms with Crippen LogP contribution in [-0.4, -0.2) is 6.09 Å². The number of halogens is 1. The topological polar surface area (TPSA) is 49.0 Å². The summed E-state index contributed by atoms with van der Waals surface area (Å²) in [6.45, 7) is 1.49.